The molecule has 0 N–H and O–H groups in total. The number of rotatable bonds is 32. The molecule has 0 aliphatic heterocycles. The van der Waals surface area contributed by atoms with Gasteiger partial charge in [0.2, 0.25) is 0 Å². The third-order valence-electron chi connectivity index (χ3n) is 9.98. The average molecular weight is 956 g/mol. The molecule has 6 unspecified atom stereocenters. The van der Waals surface area contributed by atoms with Crippen molar-refractivity contribution in [1.29, 1.82) is 0 Å². The Morgan fingerprint density at radius 3 is 0.860 bits per heavy atom. The number of esters is 4. The van der Waals surface area contributed by atoms with Crippen molar-refractivity contribution in [3.63, 3.8) is 0 Å². The maximum atomic E-state index is 12.1. The normalized spacial score (nSPS) is 14.6. The predicted molar refractivity (Wildman–Crippen MR) is 213 cm³/mol. The monoisotopic (exact) mass is 956 g/mol. The molecule has 0 aromatic heterocycles. The SMILES string of the molecule is CCCCC(CC)COC(=O)CC(C(=O)OCC(CC)CCCC)S(=O)(=O)[O-].CCCCC(CC)COC(=O)CC(C(=O)OCC(CC)CCCC)S(=O)(=O)[O-].[Cd+2]. The third-order valence-corrected chi connectivity index (χ3v) is 12.1. The van der Waals surface area contributed by atoms with E-state index in [-0.39, 0.29) is 77.4 Å². The van der Waals surface area contributed by atoms with Crippen molar-refractivity contribution in [2.75, 3.05) is 26.4 Å². The Balaban J connectivity index is -0.00000101. The fourth-order valence-corrected chi connectivity index (χ4v) is 6.91. The number of carbonyl (C=O) groups is 4. The molecule has 0 spiro atoms. The molecule has 0 fully saturated rings. The first kappa shape index (κ1) is 59.9. The van der Waals surface area contributed by atoms with Gasteiger partial charge in [0.1, 0.15) is 20.2 Å². The Kier molecular flexibility index (Phi) is 37.2. The molecule has 0 radical (unpaired) electrons. The van der Waals surface area contributed by atoms with E-state index in [4.69, 9.17) is 18.9 Å². The van der Waals surface area contributed by atoms with Crippen LogP contribution in [0.4, 0.5) is 0 Å². The van der Waals surface area contributed by atoms with Crippen LogP contribution in [0.1, 0.15) is 171 Å². The molecular weight excluding hydrogens is 881 g/mol. The van der Waals surface area contributed by atoms with Gasteiger partial charge in [0.05, 0.1) is 39.3 Å². The van der Waals surface area contributed by atoms with Gasteiger partial charge in [-0.05, 0) is 49.4 Å². The molecule has 0 aromatic rings. The topological polar surface area (TPSA) is 220 Å². The Morgan fingerprint density at radius 2 is 0.667 bits per heavy atom. The Hall–Kier alpha value is -1.38. The maximum Gasteiger partial charge on any atom is 2.00 e. The summed E-state index contributed by atoms with van der Waals surface area (Å²) in [5.41, 5.74) is 0. The molecule has 0 bridgehead atoms. The number of unbranched alkanes of at least 4 members (excludes halogenated alkanes) is 4. The number of hydrogen-bond acceptors (Lipinski definition) is 14. The van der Waals surface area contributed by atoms with Gasteiger partial charge >= 0.3 is 51.2 Å². The molecule has 0 heterocycles. The van der Waals surface area contributed by atoms with Crippen molar-refractivity contribution in [3.05, 3.63) is 0 Å². The smallest absolute Gasteiger partial charge is 0.747 e. The molecular formula is C40H74CdO14S2. The van der Waals surface area contributed by atoms with Crippen LogP contribution >= 0.6 is 0 Å². The molecule has 0 saturated heterocycles. The van der Waals surface area contributed by atoms with Crippen molar-refractivity contribution in [2.45, 2.75) is 181 Å². The van der Waals surface area contributed by atoms with Crippen molar-refractivity contribution in [1.82, 2.24) is 0 Å². The van der Waals surface area contributed by atoms with Gasteiger partial charge in [0.25, 0.3) is 0 Å². The van der Waals surface area contributed by atoms with E-state index in [1.165, 1.54) is 0 Å². The van der Waals surface area contributed by atoms with Gasteiger partial charge in [-0.2, -0.15) is 0 Å². The van der Waals surface area contributed by atoms with Gasteiger partial charge in [-0.25, -0.2) is 16.8 Å². The zero-order valence-electron chi connectivity index (χ0n) is 36.3. The van der Waals surface area contributed by atoms with Crippen LogP contribution < -0.4 is 0 Å². The number of hydrogen-bond donors (Lipinski definition) is 0. The van der Waals surface area contributed by atoms with Gasteiger partial charge in [0.15, 0.2) is 10.5 Å². The van der Waals surface area contributed by atoms with Crippen LogP contribution in [-0.4, -0.2) is 86.7 Å². The largest absolute Gasteiger partial charge is 2.00 e. The molecule has 0 aliphatic carbocycles. The zero-order valence-corrected chi connectivity index (χ0v) is 41.9. The molecule has 0 rings (SSSR count). The van der Waals surface area contributed by atoms with E-state index in [0.29, 0.717) is 0 Å². The maximum absolute atomic E-state index is 12.1. The third kappa shape index (κ3) is 30.3. The molecule has 6 atom stereocenters. The van der Waals surface area contributed by atoms with E-state index < -0.39 is 67.5 Å². The van der Waals surface area contributed by atoms with Crippen LogP contribution in [0.3, 0.4) is 0 Å². The Morgan fingerprint density at radius 1 is 0.439 bits per heavy atom. The van der Waals surface area contributed by atoms with Crippen LogP contribution in [-0.2, 0) is 85.7 Å². The predicted octanol–water partition coefficient (Wildman–Crippen LogP) is 7.62. The summed E-state index contributed by atoms with van der Waals surface area (Å²) in [7, 11) is -10.0. The molecule has 57 heavy (non-hydrogen) atoms. The first-order valence-electron chi connectivity index (χ1n) is 20.9. The summed E-state index contributed by atoms with van der Waals surface area (Å²) >= 11 is 0. The summed E-state index contributed by atoms with van der Waals surface area (Å²) in [5, 5.41) is -4.11. The van der Waals surface area contributed by atoms with E-state index in [0.717, 1.165) is 103 Å². The first-order chi connectivity index (χ1) is 26.4. The summed E-state index contributed by atoms with van der Waals surface area (Å²) in [6.07, 6.45) is 13.2. The van der Waals surface area contributed by atoms with Crippen molar-refractivity contribution in [3.8, 4) is 0 Å². The zero-order chi connectivity index (χ0) is 43.2. The van der Waals surface area contributed by atoms with E-state index in [1.807, 2.05) is 27.7 Å². The van der Waals surface area contributed by atoms with Gasteiger partial charge in [-0.15, -0.1) is 0 Å². The van der Waals surface area contributed by atoms with Crippen LogP contribution in [0.15, 0.2) is 0 Å². The average Bonchev–Trinajstić information content (AvgIpc) is 3.15. The molecule has 0 aromatic carbocycles. The fraction of sp³-hybridized carbons (Fsp3) is 0.900. The van der Waals surface area contributed by atoms with Gasteiger partial charge in [0, 0.05) is 0 Å². The van der Waals surface area contributed by atoms with Crippen molar-refractivity contribution in [2.24, 2.45) is 23.7 Å². The first-order valence-corrected chi connectivity index (χ1v) is 23.9. The second-order valence-corrected chi connectivity index (χ2v) is 17.8. The Bertz CT molecular complexity index is 1190. The summed E-state index contributed by atoms with van der Waals surface area (Å²) in [6, 6.07) is 0. The van der Waals surface area contributed by atoms with Crippen LogP contribution in [0, 0.1) is 23.7 Å². The van der Waals surface area contributed by atoms with E-state index in [1.54, 1.807) is 0 Å². The van der Waals surface area contributed by atoms with Gasteiger partial charge < -0.3 is 28.1 Å². The van der Waals surface area contributed by atoms with E-state index in [9.17, 15) is 45.1 Å². The summed E-state index contributed by atoms with van der Waals surface area (Å²) in [5.74, 6) is -3.49. The van der Waals surface area contributed by atoms with E-state index in [2.05, 4.69) is 27.7 Å². The van der Waals surface area contributed by atoms with Gasteiger partial charge in [-0.1, -0.05) is 132 Å². The summed E-state index contributed by atoms with van der Waals surface area (Å²) in [4.78, 5) is 48.3. The second kappa shape index (κ2) is 35.4. The van der Waals surface area contributed by atoms with E-state index >= 15 is 0 Å². The Labute approximate surface area is 365 Å². The standard InChI is InChI=1S/2C20H38O7S.Cd/c2*1-5-9-11-16(7-3)14-26-19(21)13-18(28(23,24)25)20(22)27-15-17(8-4)12-10-6-2;/h2*16-18H,5-15H2,1-4H3,(H,23,24,25);/q;;+2/p-2. The van der Waals surface area contributed by atoms with Gasteiger partial charge in [-0.3, -0.25) is 19.2 Å². The number of ether oxygens (including phenoxy) is 4. The second-order valence-electron chi connectivity index (χ2n) is 14.7. The minimum atomic E-state index is -5.01. The number of carbonyl (C=O) groups excluding carboxylic acids is 4. The molecule has 0 aliphatic rings. The minimum Gasteiger partial charge on any atom is -0.747 e. The van der Waals surface area contributed by atoms with Crippen molar-refractivity contribution >= 4 is 44.1 Å². The van der Waals surface area contributed by atoms with Crippen LogP contribution in [0.5, 0.6) is 0 Å². The molecule has 0 amide bonds. The quantitative estimate of drug-likeness (QED) is 0.0274. The minimum absolute atomic E-state index is 0. The molecule has 14 nitrogen and oxygen atoms in total. The molecule has 332 valence electrons. The van der Waals surface area contributed by atoms with Crippen LogP contribution in [0.2, 0.25) is 0 Å². The summed E-state index contributed by atoms with van der Waals surface area (Å²) < 4.78 is 89.1. The molecule has 17 heteroatoms. The van der Waals surface area contributed by atoms with Crippen molar-refractivity contribution < 1.29 is 91.4 Å². The fourth-order valence-electron chi connectivity index (χ4n) is 5.63. The van der Waals surface area contributed by atoms with Crippen LogP contribution in [0.25, 0.3) is 0 Å². The summed E-state index contributed by atoms with van der Waals surface area (Å²) in [6.45, 7) is 16.5. The molecule has 0 saturated carbocycles.